The van der Waals surface area contributed by atoms with Crippen molar-refractivity contribution < 1.29 is 14.6 Å². The minimum Gasteiger partial charge on any atom is -0.477 e. The number of carbonyl (C=O) groups is 1. The van der Waals surface area contributed by atoms with Crippen LogP contribution in [0.5, 0.6) is 0 Å². The van der Waals surface area contributed by atoms with Crippen molar-refractivity contribution in [1.82, 2.24) is 4.57 Å². The Morgan fingerprint density at radius 3 is 2.61 bits per heavy atom. The van der Waals surface area contributed by atoms with Crippen LogP contribution in [0.15, 0.2) is 17.1 Å². The Morgan fingerprint density at radius 2 is 2.11 bits per heavy atom. The summed E-state index contributed by atoms with van der Waals surface area (Å²) in [7, 11) is 1.64. The van der Waals surface area contributed by atoms with Crippen molar-refractivity contribution in [2.24, 2.45) is 0 Å². The Labute approximate surface area is 106 Å². The summed E-state index contributed by atoms with van der Waals surface area (Å²) >= 11 is 0. The van der Waals surface area contributed by atoms with E-state index in [0.29, 0.717) is 6.54 Å². The van der Waals surface area contributed by atoms with Crippen LogP contribution in [0.4, 0.5) is 0 Å². The van der Waals surface area contributed by atoms with Gasteiger partial charge in [0.05, 0.1) is 5.60 Å². The standard InChI is InChI=1S/C13H19NO4/c1-9-7-11(15)10(12(16)17)8-14(9)6-5-13(2,3)18-4/h7-8H,5-6H2,1-4H3,(H,16,17). The van der Waals surface area contributed by atoms with E-state index in [0.717, 1.165) is 12.1 Å². The maximum atomic E-state index is 11.5. The highest BCUT2D eigenvalue weighted by Gasteiger charge is 2.17. The van der Waals surface area contributed by atoms with Crippen molar-refractivity contribution in [3.63, 3.8) is 0 Å². The molecule has 0 bridgehead atoms. The van der Waals surface area contributed by atoms with Crippen molar-refractivity contribution in [2.45, 2.75) is 39.3 Å². The molecular weight excluding hydrogens is 234 g/mol. The quantitative estimate of drug-likeness (QED) is 0.866. The third-order valence-corrected chi connectivity index (χ3v) is 3.08. The van der Waals surface area contributed by atoms with Gasteiger partial charge in [-0.3, -0.25) is 4.79 Å². The second-order valence-electron chi connectivity index (χ2n) is 4.91. The molecule has 0 aliphatic rings. The fourth-order valence-corrected chi connectivity index (χ4v) is 1.56. The average Bonchev–Trinajstić information content (AvgIpc) is 2.27. The topological polar surface area (TPSA) is 68.5 Å². The SMILES string of the molecule is COC(C)(C)CCn1cc(C(=O)O)c(=O)cc1C. The highest BCUT2D eigenvalue weighted by molar-refractivity contribution is 5.87. The maximum Gasteiger partial charge on any atom is 0.341 e. The number of ether oxygens (including phenoxy) is 1. The summed E-state index contributed by atoms with van der Waals surface area (Å²) in [5.74, 6) is -1.19. The zero-order valence-corrected chi connectivity index (χ0v) is 11.2. The van der Waals surface area contributed by atoms with Gasteiger partial charge in [-0.05, 0) is 27.2 Å². The second-order valence-corrected chi connectivity index (χ2v) is 4.91. The van der Waals surface area contributed by atoms with Crippen molar-refractivity contribution in [2.75, 3.05) is 7.11 Å². The summed E-state index contributed by atoms with van der Waals surface area (Å²) in [5, 5.41) is 8.92. The number of hydrogen-bond donors (Lipinski definition) is 1. The molecule has 5 nitrogen and oxygen atoms in total. The van der Waals surface area contributed by atoms with Crippen LogP contribution >= 0.6 is 0 Å². The normalized spacial score (nSPS) is 11.6. The molecule has 1 aromatic rings. The number of aromatic carboxylic acids is 1. The molecule has 5 heteroatoms. The van der Waals surface area contributed by atoms with Crippen LogP contribution in [-0.2, 0) is 11.3 Å². The van der Waals surface area contributed by atoms with E-state index in [1.807, 2.05) is 13.8 Å². The minimum atomic E-state index is -1.19. The Hall–Kier alpha value is -1.62. The lowest BCUT2D eigenvalue weighted by Gasteiger charge is -2.24. The average molecular weight is 253 g/mol. The smallest absolute Gasteiger partial charge is 0.341 e. The van der Waals surface area contributed by atoms with E-state index in [1.54, 1.807) is 18.6 Å². The summed E-state index contributed by atoms with van der Waals surface area (Å²) in [6.07, 6.45) is 2.12. The highest BCUT2D eigenvalue weighted by atomic mass is 16.5. The lowest BCUT2D eigenvalue weighted by Crippen LogP contribution is -2.26. The molecular formula is C13H19NO4. The van der Waals surface area contributed by atoms with E-state index < -0.39 is 11.4 Å². The monoisotopic (exact) mass is 253 g/mol. The van der Waals surface area contributed by atoms with Crippen molar-refractivity contribution >= 4 is 5.97 Å². The van der Waals surface area contributed by atoms with Crippen molar-refractivity contribution in [1.29, 1.82) is 0 Å². The molecule has 0 atom stereocenters. The molecule has 1 rings (SSSR count). The summed E-state index contributed by atoms with van der Waals surface area (Å²) in [6, 6.07) is 1.35. The first kappa shape index (κ1) is 14.4. The van der Waals surface area contributed by atoms with E-state index in [4.69, 9.17) is 9.84 Å². The molecule has 100 valence electrons. The molecule has 0 amide bonds. The molecule has 0 unspecified atom stereocenters. The number of methoxy groups -OCH3 is 1. The highest BCUT2D eigenvalue weighted by Crippen LogP contribution is 2.14. The molecule has 0 radical (unpaired) electrons. The van der Waals surface area contributed by atoms with E-state index in [2.05, 4.69) is 0 Å². The van der Waals surface area contributed by atoms with Crippen molar-refractivity contribution in [3.05, 3.63) is 33.7 Å². The fraction of sp³-hybridized carbons (Fsp3) is 0.538. The molecule has 0 aromatic carbocycles. The van der Waals surface area contributed by atoms with Crippen LogP contribution in [0.2, 0.25) is 0 Å². The molecule has 1 heterocycles. The van der Waals surface area contributed by atoms with Crippen LogP contribution in [0, 0.1) is 6.92 Å². The van der Waals surface area contributed by atoms with Gasteiger partial charge in [-0.25, -0.2) is 4.79 Å². The first-order valence-electron chi connectivity index (χ1n) is 5.76. The second kappa shape index (κ2) is 5.35. The molecule has 0 saturated heterocycles. The number of rotatable bonds is 5. The van der Waals surface area contributed by atoms with Gasteiger partial charge in [0.25, 0.3) is 0 Å². The van der Waals surface area contributed by atoms with Gasteiger partial charge in [0.2, 0.25) is 0 Å². The zero-order chi connectivity index (χ0) is 13.9. The molecule has 0 fully saturated rings. The van der Waals surface area contributed by atoms with Crippen LogP contribution < -0.4 is 5.43 Å². The van der Waals surface area contributed by atoms with E-state index in [1.165, 1.54) is 12.3 Å². The lowest BCUT2D eigenvalue weighted by molar-refractivity contribution is 0.0119. The number of pyridine rings is 1. The summed E-state index contributed by atoms with van der Waals surface area (Å²) in [5.41, 5.74) is -0.186. The van der Waals surface area contributed by atoms with Gasteiger partial charge in [-0.15, -0.1) is 0 Å². The van der Waals surface area contributed by atoms with E-state index in [-0.39, 0.29) is 11.2 Å². The van der Waals surface area contributed by atoms with Gasteiger partial charge in [0.15, 0.2) is 5.43 Å². The Balaban J connectivity index is 3.00. The van der Waals surface area contributed by atoms with Crippen LogP contribution in [-0.4, -0.2) is 28.4 Å². The Kier molecular flexibility index (Phi) is 4.29. The largest absolute Gasteiger partial charge is 0.477 e. The number of nitrogens with zero attached hydrogens (tertiary/aromatic N) is 1. The number of aromatic nitrogens is 1. The Bertz CT molecular complexity index is 502. The molecule has 0 aliphatic carbocycles. The van der Waals surface area contributed by atoms with Crippen LogP contribution in [0.3, 0.4) is 0 Å². The third-order valence-electron chi connectivity index (χ3n) is 3.08. The minimum absolute atomic E-state index is 0.198. The maximum absolute atomic E-state index is 11.5. The van der Waals surface area contributed by atoms with Crippen molar-refractivity contribution in [3.8, 4) is 0 Å². The first-order chi connectivity index (χ1) is 8.26. The summed E-state index contributed by atoms with van der Waals surface area (Å²) in [4.78, 5) is 22.4. The molecule has 1 aromatic heterocycles. The van der Waals surface area contributed by atoms with Gasteiger partial charge < -0.3 is 14.4 Å². The molecule has 0 spiro atoms. The molecule has 18 heavy (non-hydrogen) atoms. The first-order valence-corrected chi connectivity index (χ1v) is 5.76. The molecule has 1 N–H and O–H groups in total. The number of carboxylic acids is 1. The van der Waals surface area contributed by atoms with Crippen LogP contribution in [0.25, 0.3) is 0 Å². The number of aryl methyl sites for hydroxylation is 2. The van der Waals surface area contributed by atoms with Gasteiger partial charge >= 0.3 is 5.97 Å². The van der Waals surface area contributed by atoms with E-state index in [9.17, 15) is 9.59 Å². The van der Waals surface area contributed by atoms with Gasteiger partial charge in [-0.1, -0.05) is 0 Å². The number of carboxylic acid groups (broad SMARTS) is 1. The van der Waals surface area contributed by atoms with Gasteiger partial charge in [0, 0.05) is 31.6 Å². The molecule has 0 aliphatic heterocycles. The lowest BCUT2D eigenvalue weighted by atomic mass is 10.1. The summed E-state index contributed by atoms with van der Waals surface area (Å²) in [6.45, 7) is 6.31. The predicted molar refractivity (Wildman–Crippen MR) is 68.1 cm³/mol. The van der Waals surface area contributed by atoms with Gasteiger partial charge in [0.1, 0.15) is 5.56 Å². The summed E-state index contributed by atoms with van der Waals surface area (Å²) < 4.78 is 7.08. The fourth-order valence-electron chi connectivity index (χ4n) is 1.56. The van der Waals surface area contributed by atoms with Gasteiger partial charge in [-0.2, -0.15) is 0 Å². The van der Waals surface area contributed by atoms with E-state index >= 15 is 0 Å². The third kappa shape index (κ3) is 3.43. The zero-order valence-electron chi connectivity index (χ0n) is 11.2. The number of hydrogen-bond acceptors (Lipinski definition) is 3. The Morgan fingerprint density at radius 1 is 1.50 bits per heavy atom. The predicted octanol–water partition coefficient (Wildman–Crippen LogP) is 1.67. The van der Waals surface area contributed by atoms with Crippen LogP contribution in [0.1, 0.15) is 36.3 Å². The molecule has 0 saturated carbocycles.